The molecule has 0 fully saturated rings. The van der Waals surface area contributed by atoms with E-state index in [4.69, 9.17) is 13.9 Å². The lowest BCUT2D eigenvalue weighted by atomic mass is 10.1. The number of hydrogen-bond donors (Lipinski definition) is 1. The van der Waals surface area contributed by atoms with E-state index in [1.165, 1.54) is 19.2 Å². The quantitative estimate of drug-likeness (QED) is 0.204. The Morgan fingerprint density at radius 3 is 2.66 bits per heavy atom. The number of furan rings is 1. The van der Waals surface area contributed by atoms with E-state index in [0.717, 1.165) is 21.4 Å². The van der Waals surface area contributed by atoms with Gasteiger partial charge in [-0.1, -0.05) is 18.2 Å². The highest BCUT2D eigenvalue weighted by molar-refractivity contribution is 7.99. The van der Waals surface area contributed by atoms with Crippen molar-refractivity contribution in [1.82, 2.24) is 0 Å². The molecule has 4 rings (SSSR count). The van der Waals surface area contributed by atoms with Crippen molar-refractivity contribution in [1.29, 1.82) is 0 Å². The number of halogens is 1. The summed E-state index contributed by atoms with van der Waals surface area (Å²) in [5.41, 5.74) is 2.44. The van der Waals surface area contributed by atoms with Crippen molar-refractivity contribution in [3.05, 3.63) is 72.0 Å². The van der Waals surface area contributed by atoms with Crippen molar-refractivity contribution in [3.63, 3.8) is 0 Å². The summed E-state index contributed by atoms with van der Waals surface area (Å²) in [6.45, 7) is 0. The average molecular weight is 453 g/mol. The Kier molecular flexibility index (Phi) is 6.37. The van der Waals surface area contributed by atoms with Crippen molar-refractivity contribution in [2.45, 2.75) is 17.7 Å². The number of benzene rings is 3. The van der Waals surface area contributed by atoms with Crippen LogP contribution in [0.1, 0.15) is 12.0 Å². The molecule has 7 heteroatoms. The fourth-order valence-corrected chi connectivity index (χ4v) is 4.16. The minimum atomic E-state index is -0.566. The lowest BCUT2D eigenvalue weighted by Crippen LogP contribution is -2.10. The van der Waals surface area contributed by atoms with Crippen LogP contribution < -0.4 is 9.47 Å². The number of para-hydroxylation sites is 1. The van der Waals surface area contributed by atoms with Gasteiger partial charge in [0.1, 0.15) is 11.3 Å². The van der Waals surface area contributed by atoms with Gasteiger partial charge in [0.25, 0.3) is 0 Å². The summed E-state index contributed by atoms with van der Waals surface area (Å²) in [7, 11) is 1.50. The fraction of sp³-hybridized carbons (Fsp3) is 0.160. The van der Waals surface area contributed by atoms with E-state index in [9.17, 15) is 14.3 Å². The van der Waals surface area contributed by atoms with Gasteiger partial charge in [-0.2, -0.15) is 0 Å². The monoisotopic (exact) mass is 452 g/mol. The first-order valence-corrected chi connectivity index (χ1v) is 11.1. The molecule has 5 nitrogen and oxygen atoms in total. The van der Waals surface area contributed by atoms with Gasteiger partial charge in [-0.15, -0.1) is 11.8 Å². The number of hydrogen-bond acceptors (Lipinski definition) is 6. The number of aryl methyl sites for hydroxylation is 1. The van der Waals surface area contributed by atoms with E-state index < -0.39 is 11.8 Å². The number of carbonyl (C=O) groups excluding carboxylic acids is 1. The Bertz CT molecular complexity index is 1280. The van der Waals surface area contributed by atoms with Gasteiger partial charge >= 0.3 is 5.97 Å². The number of aromatic hydroxyl groups is 1. The lowest BCUT2D eigenvalue weighted by molar-refractivity contribution is -0.134. The maximum Gasteiger partial charge on any atom is 0.311 e. The summed E-state index contributed by atoms with van der Waals surface area (Å²) >= 11 is 1.55. The van der Waals surface area contributed by atoms with Gasteiger partial charge in [0, 0.05) is 17.4 Å². The van der Waals surface area contributed by atoms with E-state index in [-0.39, 0.29) is 17.9 Å². The number of carbonyl (C=O) groups is 1. The van der Waals surface area contributed by atoms with Gasteiger partial charge in [0.05, 0.1) is 12.0 Å². The Morgan fingerprint density at radius 1 is 1.09 bits per heavy atom. The first kappa shape index (κ1) is 21.8. The lowest BCUT2D eigenvalue weighted by Gasteiger charge is -2.06. The molecule has 0 amide bonds. The maximum absolute atomic E-state index is 13.7. The van der Waals surface area contributed by atoms with Crippen LogP contribution in [0.15, 0.2) is 70.0 Å². The maximum atomic E-state index is 13.7. The van der Waals surface area contributed by atoms with Crippen LogP contribution in [0.25, 0.3) is 22.3 Å². The van der Waals surface area contributed by atoms with Crippen LogP contribution in [0, 0.1) is 5.82 Å². The molecule has 0 aliphatic carbocycles. The Labute approximate surface area is 188 Å². The van der Waals surface area contributed by atoms with Crippen LogP contribution in [-0.4, -0.2) is 24.4 Å². The first-order valence-electron chi connectivity index (χ1n) is 9.92. The van der Waals surface area contributed by atoms with Crippen LogP contribution in [0.3, 0.4) is 0 Å². The molecule has 3 aromatic carbocycles. The molecule has 0 saturated heterocycles. The molecule has 0 aliphatic rings. The average Bonchev–Trinajstić information content (AvgIpc) is 3.17. The molecule has 0 aliphatic heterocycles. The molecule has 32 heavy (non-hydrogen) atoms. The number of esters is 1. The summed E-state index contributed by atoms with van der Waals surface area (Å²) in [4.78, 5) is 13.1. The second-order valence-electron chi connectivity index (χ2n) is 7.09. The van der Waals surface area contributed by atoms with Gasteiger partial charge < -0.3 is 19.0 Å². The number of phenolic OH excluding ortho intramolecular Hbond substituents is 1. The third-order valence-corrected chi connectivity index (χ3v) is 5.84. The van der Waals surface area contributed by atoms with Gasteiger partial charge in [-0.05, 0) is 60.7 Å². The highest BCUT2D eigenvalue weighted by Gasteiger charge is 2.18. The molecule has 0 saturated carbocycles. The normalized spacial score (nSPS) is 11.0. The topological polar surface area (TPSA) is 68.9 Å². The minimum absolute atomic E-state index is 0.0580. The molecule has 0 atom stereocenters. The summed E-state index contributed by atoms with van der Waals surface area (Å²) in [5.74, 6) is -0.0250. The minimum Gasteiger partial charge on any atom is -0.504 e. The van der Waals surface area contributed by atoms with Gasteiger partial charge in [-0.25, -0.2) is 4.39 Å². The third kappa shape index (κ3) is 4.43. The second-order valence-corrected chi connectivity index (χ2v) is 7.90. The molecule has 1 aromatic heterocycles. The standard InChI is InChI=1S/C25H21FO5S/c1-29-22-14-16(9-10-19(22)27)24-25(32-2)17-13-15(7-11-20(17)31-24)8-12-23(28)30-21-6-4-3-5-18(21)26/h3-7,9-11,13-14,27H,8,12H2,1-2H3. The molecular weight excluding hydrogens is 431 g/mol. The van der Waals surface area contributed by atoms with Crippen molar-refractivity contribution < 1.29 is 28.2 Å². The highest BCUT2D eigenvalue weighted by Crippen LogP contribution is 2.42. The molecule has 0 spiro atoms. The first-order chi connectivity index (χ1) is 15.5. The zero-order valence-corrected chi connectivity index (χ0v) is 18.4. The van der Waals surface area contributed by atoms with Crippen LogP contribution in [0.4, 0.5) is 4.39 Å². The Balaban J connectivity index is 1.56. The summed E-state index contributed by atoms with van der Waals surface area (Å²) < 4.78 is 30.1. The van der Waals surface area contributed by atoms with E-state index >= 15 is 0 Å². The molecule has 0 unspecified atom stereocenters. The number of ether oxygens (including phenoxy) is 2. The van der Waals surface area contributed by atoms with Crippen LogP contribution in [0.2, 0.25) is 0 Å². The van der Waals surface area contributed by atoms with Crippen molar-refractivity contribution in [2.24, 2.45) is 0 Å². The SMILES string of the molecule is COc1cc(-c2oc3ccc(CCC(=O)Oc4ccccc4F)cc3c2SC)ccc1O. The predicted molar refractivity (Wildman–Crippen MR) is 122 cm³/mol. The fourth-order valence-electron chi connectivity index (χ4n) is 3.44. The van der Waals surface area contributed by atoms with E-state index in [0.29, 0.717) is 23.5 Å². The van der Waals surface area contributed by atoms with Gasteiger partial charge in [0.15, 0.2) is 23.1 Å². The number of rotatable bonds is 7. The molecule has 164 valence electrons. The van der Waals surface area contributed by atoms with Gasteiger partial charge in [0.2, 0.25) is 0 Å². The molecule has 0 radical (unpaired) electrons. The van der Waals surface area contributed by atoms with Crippen molar-refractivity contribution >= 4 is 28.7 Å². The zero-order valence-electron chi connectivity index (χ0n) is 17.6. The van der Waals surface area contributed by atoms with E-state index in [1.54, 1.807) is 42.1 Å². The van der Waals surface area contributed by atoms with E-state index in [2.05, 4.69) is 0 Å². The smallest absolute Gasteiger partial charge is 0.311 e. The molecule has 0 bridgehead atoms. The van der Waals surface area contributed by atoms with Crippen molar-refractivity contribution in [2.75, 3.05) is 13.4 Å². The summed E-state index contributed by atoms with van der Waals surface area (Å²) in [5, 5.41) is 10.8. The van der Waals surface area contributed by atoms with Crippen LogP contribution in [0.5, 0.6) is 17.2 Å². The predicted octanol–water partition coefficient (Wildman–Crippen LogP) is 6.21. The number of thioether (sulfide) groups is 1. The second kappa shape index (κ2) is 9.36. The Morgan fingerprint density at radius 2 is 1.91 bits per heavy atom. The third-order valence-electron chi connectivity index (χ3n) is 5.03. The Hall–Kier alpha value is -3.45. The molecule has 4 aromatic rings. The molecule has 1 heterocycles. The number of phenols is 1. The van der Waals surface area contributed by atoms with Crippen LogP contribution in [-0.2, 0) is 11.2 Å². The highest BCUT2D eigenvalue weighted by atomic mass is 32.2. The summed E-state index contributed by atoms with van der Waals surface area (Å²) in [6, 6.07) is 16.7. The summed E-state index contributed by atoms with van der Waals surface area (Å²) in [6.07, 6.45) is 2.53. The zero-order chi connectivity index (χ0) is 22.7. The molecular formula is C25H21FO5S. The van der Waals surface area contributed by atoms with Crippen LogP contribution >= 0.6 is 11.8 Å². The van der Waals surface area contributed by atoms with Crippen molar-refractivity contribution in [3.8, 4) is 28.6 Å². The number of methoxy groups -OCH3 is 1. The largest absolute Gasteiger partial charge is 0.504 e. The molecule has 1 N–H and O–H groups in total. The van der Waals surface area contributed by atoms with E-state index in [1.807, 2.05) is 24.5 Å². The van der Waals surface area contributed by atoms with Gasteiger partial charge in [-0.3, -0.25) is 4.79 Å². The number of fused-ring (bicyclic) bond motifs is 1.